The summed E-state index contributed by atoms with van der Waals surface area (Å²) >= 11 is 1.65. The van der Waals surface area contributed by atoms with E-state index in [1.807, 2.05) is 0 Å². The molecule has 1 aliphatic rings. The quantitative estimate of drug-likeness (QED) is 0.935. The number of carbonyl (C=O) groups excluding carboxylic acids is 1. The van der Waals surface area contributed by atoms with Gasteiger partial charge in [0.1, 0.15) is 0 Å². The second kappa shape index (κ2) is 5.75. The molecule has 0 fully saturated rings. The Bertz CT molecular complexity index is 590. The second-order valence-corrected chi connectivity index (χ2v) is 6.47. The Kier molecular flexibility index (Phi) is 3.82. The number of aromatic nitrogens is 3. The zero-order valence-electron chi connectivity index (χ0n) is 11.5. The lowest BCUT2D eigenvalue weighted by Gasteiger charge is -2.16. The van der Waals surface area contributed by atoms with Crippen LogP contribution in [0.2, 0.25) is 0 Å². The fourth-order valence-corrected chi connectivity index (χ4v) is 3.67. The summed E-state index contributed by atoms with van der Waals surface area (Å²) in [6, 6.07) is 2.07. The molecule has 0 bridgehead atoms. The van der Waals surface area contributed by atoms with Crippen LogP contribution in [0.1, 0.15) is 33.5 Å². The highest BCUT2D eigenvalue weighted by atomic mass is 32.1. The SMILES string of the molecule is C[C@H]1CCc2sc(C(=O)NCCn3ccnn3)cc2C1. The number of aryl methyl sites for hydroxylation is 1. The van der Waals surface area contributed by atoms with E-state index >= 15 is 0 Å². The van der Waals surface area contributed by atoms with E-state index in [2.05, 4.69) is 28.6 Å². The molecule has 0 unspecified atom stereocenters. The van der Waals surface area contributed by atoms with E-state index in [9.17, 15) is 4.79 Å². The van der Waals surface area contributed by atoms with Crippen LogP contribution in [-0.4, -0.2) is 27.4 Å². The number of hydrogen-bond donors (Lipinski definition) is 1. The Labute approximate surface area is 122 Å². The van der Waals surface area contributed by atoms with E-state index in [-0.39, 0.29) is 5.91 Å². The number of amides is 1. The maximum Gasteiger partial charge on any atom is 0.261 e. The third kappa shape index (κ3) is 2.90. The summed E-state index contributed by atoms with van der Waals surface area (Å²) in [4.78, 5) is 14.4. The molecule has 20 heavy (non-hydrogen) atoms. The molecule has 2 heterocycles. The van der Waals surface area contributed by atoms with Gasteiger partial charge in [-0.15, -0.1) is 16.4 Å². The van der Waals surface area contributed by atoms with Gasteiger partial charge in [0, 0.05) is 17.6 Å². The number of nitrogens with zero attached hydrogens (tertiary/aromatic N) is 3. The molecule has 1 N–H and O–H groups in total. The van der Waals surface area contributed by atoms with Crippen LogP contribution in [-0.2, 0) is 19.4 Å². The second-order valence-electron chi connectivity index (χ2n) is 5.33. The summed E-state index contributed by atoms with van der Waals surface area (Å²) in [7, 11) is 0. The first-order chi connectivity index (χ1) is 9.72. The first kappa shape index (κ1) is 13.3. The van der Waals surface area contributed by atoms with Crippen molar-refractivity contribution in [1.82, 2.24) is 20.3 Å². The number of hydrogen-bond acceptors (Lipinski definition) is 4. The first-order valence-corrected chi connectivity index (χ1v) is 7.78. The molecule has 0 radical (unpaired) electrons. The van der Waals surface area contributed by atoms with Crippen molar-refractivity contribution in [3.05, 3.63) is 33.8 Å². The van der Waals surface area contributed by atoms with Crippen LogP contribution in [0.4, 0.5) is 0 Å². The zero-order valence-corrected chi connectivity index (χ0v) is 12.3. The molecule has 1 aliphatic carbocycles. The normalized spacial score (nSPS) is 17.8. The number of thiophene rings is 1. The molecule has 5 nitrogen and oxygen atoms in total. The molecular weight excluding hydrogens is 272 g/mol. The van der Waals surface area contributed by atoms with Crippen molar-refractivity contribution in [2.75, 3.05) is 6.54 Å². The summed E-state index contributed by atoms with van der Waals surface area (Å²) in [6.45, 7) is 3.49. The van der Waals surface area contributed by atoms with Crippen LogP contribution in [0, 0.1) is 5.92 Å². The molecule has 0 saturated heterocycles. The molecule has 6 heteroatoms. The smallest absolute Gasteiger partial charge is 0.261 e. The van der Waals surface area contributed by atoms with Gasteiger partial charge >= 0.3 is 0 Å². The van der Waals surface area contributed by atoms with Gasteiger partial charge in [0.25, 0.3) is 5.91 Å². The van der Waals surface area contributed by atoms with Gasteiger partial charge in [-0.25, -0.2) is 0 Å². The largest absolute Gasteiger partial charge is 0.349 e. The maximum absolute atomic E-state index is 12.1. The minimum Gasteiger partial charge on any atom is -0.349 e. The van der Waals surface area contributed by atoms with Crippen molar-refractivity contribution >= 4 is 17.2 Å². The molecule has 106 valence electrons. The summed E-state index contributed by atoms with van der Waals surface area (Å²) < 4.78 is 1.71. The Morgan fingerprint density at radius 3 is 3.30 bits per heavy atom. The summed E-state index contributed by atoms with van der Waals surface area (Å²) in [6.07, 6.45) is 6.89. The molecular formula is C14H18N4OS. The first-order valence-electron chi connectivity index (χ1n) is 6.96. The van der Waals surface area contributed by atoms with Crippen LogP contribution in [0.25, 0.3) is 0 Å². The molecule has 0 spiro atoms. The van der Waals surface area contributed by atoms with Gasteiger partial charge in [0.2, 0.25) is 0 Å². The monoisotopic (exact) mass is 290 g/mol. The standard InChI is InChI=1S/C14H18N4OS/c1-10-2-3-12-11(8-10)9-13(20-12)14(19)15-4-6-18-7-5-16-17-18/h5,7,9-10H,2-4,6,8H2,1H3,(H,15,19)/t10-/m0/s1. The minimum absolute atomic E-state index is 0.0252. The minimum atomic E-state index is 0.0252. The number of carbonyl (C=O) groups is 1. The molecule has 0 aliphatic heterocycles. The summed E-state index contributed by atoms with van der Waals surface area (Å²) in [5.41, 5.74) is 1.37. The topological polar surface area (TPSA) is 59.8 Å². The molecule has 0 saturated carbocycles. The van der Waals surface area contributed by atoms with Gasteiger partial charge in [-0.2, -0.15) is 0 Å². The predicted octanol–water partition coefficient (Wildman–Crippen LogP) is 1.89. The van der Waals surface area contributed by atoms with Crippen LogP contribution in [0.3, 0.4) is 0 Å². The highest BCUT2D eigenvalue weighted by Crippen LogP contribution is 2.32. The van der Waals surface area contributed by atoms with E-state index in [1.54, 1.807) is 28.4 Å². The average molecular weight is 290 g/mol. The number of fused-ring (bicyclic) bond motifs is 1. The summed E-state index contributed by atoms with van der Waals surface area (Å²) in [5.74, 6) is 0.762. The lowest BCUT2D eigenvalue weighted by molar-refractivity contribution is 0.0956. The Hall–Kier alpha value is -1.69. The number of nitrogens with one attached hydrogen (secondary N) is 1. The van der Waals surface area contributed by atoms with Gasteiger partial charge in [0.15, 0.2) is 0 Å². The van der Waals surface area contributed by atoms with E-state index in [4.69, 9.17) is 0 Å². The lowest BCUT2D eigenvalue weighted by Crippen LogP contribution is -2.26. The zero-order chi connectivity index (χ0) is 13.9. The predicted molar refractivity (Wildman–Crippen MR) is 77.9 cm³/mol. The molecule has 1 atom stereocenters. The van der Waals surface area contributed by atoms with E-state index in [0.717, 1.165) is 23.6 Å². The van der Waals surface area contributed by atoms with E-state index < -0.39 is 0 Å². The van der Waals surface area contributed by atoms with Crippen molar-refractivity contribution in [3.63, 3.8) is 0 Å². The van der Waals surface area contributed by atoms with Crippen molar-refractivity contribution in [3.8, 4) is 0 Å². The molecule has 3 rings (SSSR count). The fourth-order valence-electron chi connectivity index (χ4n) is 2.54. The van der Waals surface area contributed by atoms with Crippen molar-refractivity contribution < 1.29 is 4.79 Å². The van der Waals surface area contributed by atoms with Crippen molar-refractivity contribution in [2.24, 2.45) is 5.92 Å². The van der Waals surface area contributed by atoms with Crippen LogP contribution < -0.4 is 5.32 Å². The van der Waals surface area contributed by atoms with E-state index in [1.165, 1.54) is 16.9 Å². The fraction of sp³-hybridized carbons (Fsp3) is 0.500. The Morgan fingerprint density at radius 2 is 2.50 bits per heavy atom. The van der Waals surface area contributed by atoms with Gasteiger partial charge in [-0.05, 0) is 36.8 Å². The van der Waals surface area contributed by atoms with Crippen molar-refractivity contribution in [1.29, 1.82) is 0 Å². The third-order valence-electron chi connectivity index (χ3n) is 3.65. The van der Waals surface area contributed by atoms with Crippen LogP contribution >= 0.6 is 11.3 Å². The Morgan fingerprint density at radius 1 is 1.60 bits per heavy atom. The van der Waals surface area contributed by atoms with Gasteiger partial charge in [-0.3, -0.25) is 9.48 Å². The molecule has 2 aromatic heterocycles. The highest BCUT2D eigenvalue weighted by Gasteiger charge is 2.20. The van der Waals surface area contributed by atoms with Crippen LogP contribution in [0.5, 0.6) is 0 Å². The van der Waals surface area contributed by atoms with Gasteiger partial charge in [0.05, 0.1) is 17.6 Å². The third-order valence-corrected chi connectivity index (χ3v) is 4.89. The molecule has 2 aromatic rings. The Balaban J connectivity index is 1.57. The lowest BCUT2D eigenvalue weighted by atomic mass is 9.90. The van der Waals surface area contributed by atoms with E-state index in [0.29, 0.717) is 13.1 Å². The van der Waals surface area contributed by atoms with Crippen LogP contribution in [0.15, 0.2) is 18.5 Å². The van der Waals surface area contributed by atoms with Gasteiger partial charge < -0.3 is 5.32 Å². The van der Waals surface area contributed by atoms with Gasteiger partial charge in [-0.1, -0.05) is 12.1 Å². The highest BCUT2D eigenvalue weighted by molar-refractivity contribution is 7.14. The molecule has 1 amide bonds. The molecule has 0 aromatic carbocycles. The van der Waals surface area contributed by atoms with Crippen molar-refractivity contribution in [2.45, 2.75) is 32.7 Å². The summed E-state index contributed by atoms with van der Waals surface area (Å²) in [5, 5.41) is 10.5. The average Bonchev–Trinajstić information content (AvgIpc) is 3.06. The number of rotatable bonds is 4. The maximum atomic E-state index is 12.1.